The van der Waals surface area contributed by atoms with E-state index in [4.69, 9.17) is 4.74 Å². The van der Waals surface area contributed by atoms with Crippen LogP contribution >= 0.6 is 0 Å². The third-order valence-corrected chi connectivity index (χ3v) is 3.82. The van der Waals surface area contributed by atoms with Crippen LogP contribution in [0.5, 0.6) is 0 Å². The first-order valence-electron chi connectivity index (χ1n) is 7.38. The molecule has 2 nitrogen and oxygen atoms in total. The van der Waals surface area contributed by atoms with Gasteiger partial charge in [-0.3, -0.25) is 0 Å². The van der Waals surface area contributed by atoms with Crippen molar-refractivity contribution in [1.29, 1.82) is 0 Å². The van der Waals surface area contributed by atoms with E-state index in [0.29, 0.717) is 17.6 Å². The van der Waals surface area contributed by atoms with E-state index in [0.717, 1.165) is 13.2 Å². The van der Waals surface area contributed by atoms with Gasteiger partial charge in [-0.05, 0) is 51.0 Å². The van der Waals surface area contributed by atoms with Gasteiger partial charge in [0.15, 0.2) is 0 Å². The lowest BCUT2D eigenvalue weighted by atomic mass is 9.81. The molecule has 2 atom stereocenters. The lowest BCUT2D eigenvalue weighted by molar-refractivity contribution is 0.0979. The monoisotopic (exact) mass is 241 g/mol. The van der Waals surface area contributed by atoms with E-state index >= 15 is 0 Å². The maximum absolute atomic E-state index is 5.67. The van der Waals surface area contributed by atoms with E-state index < -0.39 is 0 Å². The Morgan fingerprint density at radius 1 is 1.41 bits per heavy atom. The predicted molar refractivity (Wildman–Crippen MR) is 74.4 cm³/mol. The van der Waals surface area contributed by atoms with Gasteiger partial charge in [-0.1, -0.05) is 27.2 Å². The van der Waals surface area contributed by atoms with Gasteiger partial charge in [0.1, 0.15) is 0 Å². The largest absolute Gasteiger partial charge is 0.378 e. The quantitative estimate of drug-likeness (QED) is 0.699. The summed E-state index contributed by atoms with van der Waals surface area (Å²) >= 11 is 0. The topological polar surface area (TPSA) is 21.3 Å². The van der Waals surface area contributed by atoms with Crippen molar-refractivity contribution in [1.82, 2.24) is 5.32 Å². The molecule has 1 N–H and O–H groups in total. The number of hydrogen-bond acceptors (Lipinski definition) is 2. The summed E-state index contributed by atoms with van der Waals surface area (Å²) in [6, 6.07) is 0.637. The van der Waals surface area contributed by atoms with Gasteiger partial charge in [0, 0.05) is 12.6 Å². The second-order valence-electron chi connectivity index (χ2n) is 6.35. The van der Waals surface area contributed by atoms with Crippen LogP contribution in [0.15, 0.2) is 0 Å². The molecule has 0 radical (unpaired) electrons. The van der Waals surface area contributed by atoms with Crippen LogP contribution in [0.1, 0.15) is 66.2 Å². The van der Waals surface area contributed by atoms with E-state index in [9.17, 15) is 0 Å². The normalized spacial score (nSPS) is 22.9. The van der Waals surface area contributed by atoms with Crippen molar-refractivity contribution in [3.05, 3.63) is 0 Å². The summed E-state index contributed by atoms with van der Waals surface area (Å²) in [5.74, 6) is 0. The SMILES string of the molecule is CCNC(C)CC(C)(C)CCCC1CCCO1. The summed E-state index contributed by atoms with van der Waals surface area (Å²) in [5.41, 5.74) is 0.459. The molecule has 0 aromatic carbocycles. The minimum atomic E-state index is 0.459. The van der Waals surface area contributed by atoms with E-state index in [2.05, 4.69) is 33.0 Å². The van der Waals surface area contributed by atoms with Crippen LogP contribution in [0.2, 0.25) is 0 Å². The Morgan fingerprint density at radius 2 is 2.18 bits per heavy atom. The summed E-state index contributed by atoms with van der Waals surface area (Å²) in [7, 11) is 0. The van der Waals surface area contributed by atoms with Crippen molar-refractivity contribution in [2.75, 3.05) is 13.2 Å². The second kappa shape index (κ2) is 7.38. The molecule has 1 aliphatic heterocycles. The van der Waals surface area contributed by atoms with Crippen LogP contribution in [0.3, 0.4) is 0 Å². The van der Waals surface area contributed by atoms with Crippen molar-refractivity contribution in [2.45, 2.75) is 78.4 Å². The Morgan fingerprint density at radius 3 is 2.76 bits per heavy atom. The second-order valence-corrected chi connectivity index (χ2v) is 6.35. The third-order valence-electron chi connectivity index (χ3n) is 3.82. The van der Waals surface area contributed by atoms with Gasteiger partial charge >= 0.3 is 0 Å². The van der Waals surface area contributed by atoms with Gasteiger partial charge in [-0.15, -0.1) is 0 Å². The highest BCUT2D eigenvalue weighted by molar-refractivity contribution is 4.76. The van der Waals surface area contributed by atoms with Crippen LogP contribution in [-0.2, 0) is 4.74 Å². The zero-order valence-electron chi connectivity index (χ0n) is 12.2. The maximum Gasteiger partial charge on any atom is 0.0576 e. The molecule has 0 aromatic rings. The van der Waals surface area contributed by atoms with Crippen molar-refractivity contribution in [3.63, 3.8) is 0 Å². The molecule has 0 bridgehead atoms. The van der Waals surface area contributed by atoms with Gasteiger partial charge in [0.2, 0.25) is 0 Å². The molecule has 0 aliphatic carbocycles. The molecule has 0 aromatic heterocycles. The molecule has 1 heterocycles. The molecule has 1 saturated heterocycles. The summed E-state index contributed by atoms with van der Waals surface area (Å²) in [4.78, 5) is 0. The zero-order chi connectivity index (χ0) is 12.7. The molecule has 1 aliphatic rings. The van der Waals surface area contributed by atoms with Crippen LogP contribution < -0.4 is 5.32 Å². The summed E-state index contributed by atoms with van der Waals surface area (Å²) in [6.07, 6.45) is 8.29. The first kappa shape index (κ1) is 15.0. The molecule has 0 amide bonds. The molecule has 102 valence electrons. The lowest BCUT2D eigenvalue weighted by Gasteiger charge is -2.29. The van der Waals surface area contributed by atoms with Gasteiger partial charge < -0.3 is 10.1 Å². The highest BCUT2D eigenvalue weighted by Gasteiger charge is 2.22. The smallest absolute Gasteiger partial charge is 0.0576 e. The molecule has 0 saturated carbocycles. The molecule has 2 unspecified atom stereocenters. The summed E-state index contributed by atoms with van der Waals surface area (Å²) < 4.78 is 5.67. The molecular formula is C15H31NO. The Labute approximate surface area is 108 Å². The Bertz CT molecular complexity index is 197. The Hall–Kier alpha value is -0.0800. The lowest BCUT2D eigenvalue weighted by Crippen LogP contribution is -2.31. The minimum Gasteiger partial charge on any atom is -0.378 e. The van der Waals surface area contributed by atoms with Crippen LogP contribution in [0.25, 0.3) is 0 Å². The zero-order valence-corrected chi connectivity index (χ0v) is 12.2. The molecular weight excluding hydrogens is 210 g/mol. The maximum atomic E-state index is 5.67. The van der Waals surface area contributed by atoms with Crippen molar-refractivity contribution in [3.8, 4) is 0 Å². The van der Waals surface area contributed by atoms with Crippen molar-refractivity contribution >= 4 is 0 Å². The number of ether oxygens (including phenoxy) is 1. The van der Waals surface area contributed by atoms with Crippen molar-refractivity contribution < 1.29 is 4.74 Å². The number of rotatable bonds is 8. The number of nitrogens with one attached hydrogen (secondary N) is 1. The first-order chi connectivity index (χ1) is 8.03. The van der Waals surface area contributed by atoms with E-state index in [1.165, 1.54) is 38.5 Å². The molecule has 1 fully saturated rings. The summed E-state index contributed by atoms with van der Waals surface area (Å²) in [6.45, 7) is 11.3. The fraction of sp³-hybridized carbons (Fsp3) is 1.00. The van der Waals surface area contributed by atoms with Gasteiger partial charge in [0.05, 0.1) is 6.10 Å². The number of hydrogen-bond donors (Lipinski definition) is 1. The van der Waals surface area contributed by atoms with Crippen LogP contribution in [0, 0.1) is 5.41 Å². The van der Waals surface area contributed by atoms with Gasteiger partial charge in [0.25, 0.3) is 0 Å². The average molecular weight is 241 g/mol. The van der Waals surface area contributed by atoms with Gasteiger partial charge in [-0.2, -0.15) is 0 Å². The minimum absolute atomic E-state index is 0.459. The Kier molecular flexibility index (Phi) is 6.50. The fourth-order valence-electron chi connectivity index (χ4n) is 3.03. The van der Waals surface area contributed by atoms with Crippen molar-refractivity contribution in [2.24, 2.45) is 5.41 Å². The van der Waals surface area contributed by atoms with E-state index in [-0.39, 0.29) is 0 Å². The average Bonchev–Trinajstić information content (AvgIpc) is 2.69. The van der Waals surface area contributed by atoms with Gasteiger partial charge in [-0.25, -0.2) is 0 Å². The predicted octanol–water partition coefficient (Wildman–Crippen LogP) is 3.75. The third kappa shape index (κ3) is 6.42. The van der Waals surface area contributed by atoms with Crippen LogP contribution in [-0.4, -0.2) is 25.3 Å². The molecule has 1 rings (SSSR count). The molecule has 0 spiro atoms. The highest BCUT2D eigenvalue weighted by atomic mass is 16.5. The first-order valence-corrected chi connectivity index (χ1v) is 7.38. The molecule has 2 heteroatoms. The standard InChI is InChI=1S/C15H31NO/c1-5-16-13(2)12-15(3,4)10-6-8-14-9-7-11-17-14/h13-14,16H,5-12H2,1-4H3. The van der Waals surface area contributed by atoms with Crippen LogP contribution in [0.4, 0.5) is 0 Å². The fourth-order valence-corrected chi connectivity index (χ4v) is 3.03. The highest BCUT2D eigenvalue weighted by Crippen LogP contribution is 2.30. The van der Waals surface area contributed by atoms with E-state index in [1.807, 2.05) is 0 Å². The Balaban J connectivity index is 2.14. The van der Waals surface area contributed by atoms with E-state index in [1.54, 1.807) is 0 Å². The molecule has 17 heavy (non-hydrogen) atoms. The summed E-state index contributed by atoms with van der Waals surface area (Å²) in [5, 5.41) is 3.51.